The topological polar surface area (TPSA) is 78.5 Å². The van der Waals surface area contributed by atoms with E-state index < -0.39 is 0 Å². The Morgan fingerprint density at radius 1 is 1.07 bits per heavy atom. The molecule has 2 amide bonds. The van der Waals surface area contributed by atoms with Gasteiger partial charge in [0, 0.05) is 51.3 Å². The van der Waals surface area contributed by atoms with Gasteiger partial charge in [0.1, 0.15) is 0 Å². The van der Waals surface area contributed by atoms with Gasteiger partial charge in [-0.1, -0.05) is 0 Å². The largest absolute Gasteiger partial charge is 0.381 e. The lowest BCUT2D eigenvalue weighted by Crippen LogP contribution is -2.40. The van der Waals surface area contributed by atoms with E-state index in [-0.39, 0.29) is 17.7 Å². The molecule has 1 atom stereocenters. The van der Waals surface area contributed by atoms with Crippen molar-refractivity contribution < 1.29 is 14.3 Å². The first kappa shape index (κ1) is 18.5. The number of hydrogen-bond donors (Lipinski definition) is 1. The van der Waals surface area contributed by atoms with Crippen molar-refractivity contribution >= 4 is 11.8 Å². The Morgan fingerprint density at radius 3 is 2.74 bits per heavy atom. The molecule has 7 heteroatoms. The van der Waals surface area contributed by atoms with Gasteiger partial charge in [-0.2, -0.15) is 5.10 Å². The van der Waals surface area contributed by atoms with Crippen molar-refractivity contribution in [3.63, 3.8) is 0 Å². The van der Waals surface area contributed by atoms with Crippen LogP contribution in [0.3, 0.4) is 0 Å². The van der Waals surface area contributed by atoms with Crippen LogP contribution in [0.5, 0.6) is 0 Å². The molecule has 1 aliphatic carbocycles. The first-order chi connectivity index (χ1) is 13.2. The number of carbonyl (C=O) groups excluding carboxylic acids is 2. The van der Waals surface area contributed by atoms with Crippen LogP contribution >= 0.6 is 0 Å². The van der Waals surface area contributed by atoms with E-state index >= 15 is 0 Å². The highest BCUT2D eigenvalue weighted by atomic mass is 16.5. The summed E-state index contributed by atoms with van der Waals surface area (Å²) < 4.78 is 5.35. The minimum atomic E-state index is 0.0121. The van der Waals surface area contributed by atoms with Gasteiger partial charge < -0.3 is 14.5 Å². The van der Waals surface area contributed by atoms with Crippen molar-refractivity contribution in [3.8, 4) is 0 Å². The molecule has 4 rings (SSSR count). The minimum absolute atomic E-state index is 0.0121. The second-order valence-electron chi connectivity index (χ2n) is 7.95. The molecule has 2 fully saturated rings. The number of rotatable bonds is 4. The van der Waals surface area contributed by atoms with Crippen molar-refractivity contribution in [2.75, 3.05) is 39.4 Å². The molecule has 148 valence electrons. The number of aromatic amines is 1. The van der Waals surface area contributed by atoms with Crippen molar-refractivity contribution in [2.45, 2.75) is 51.4 Å². The monoisotopic (exact) mass is 374 g/mol. The number of fused-ring (bicyclic) bond motifs is 1. The highest BCUT2D eigenvalue weighted by Crippen LogP contribution is 2.23. The maximum Gasteiger partial charge on any atom is 0.228 e. The van der Waals surface area contributed by atoms with Gasteiger partial charge in [0.25, 0.3) is 0 Å². The van der Waals surface area contributed by atoms with Crippen LogP contribution in [0, 0.1) is 5.92 Å². The molecule has 2 aliphatic heterocycles. The van der Waals surface area contributed by atoms with Crippen LogP contribution in [0.4, 0.5) is 0 Å². The van der Waals surface area contributed by atoms with E-state index in [0.29, 0.717) is 39.1 Å². The summed E-state index contributed by atoms with van der Waals surface area (Å²) in [6.07, 6.45) is 7.50. The van der Waals surface area contributed by atoms with E-state index in [2.05, 4.69) is 10.2 Å². The molecule has 1 aromatic heterocycles. The third-order valence-corrected chi connectivity index (χ3v) is 6.16. The molecule has 1 unspecified atom stereocenters. The number of amides is 2. The highest BCUT2D eigenvalue weighted by molar-refractivity contribution is 5.80. The molecule has 3 heterocycles. The fraction of sp³-hybridized carbons (Fsp3) is 0.750. The standard InChI is InChI=1S/C20H30N4O3/c25-19(7-6-18-16-4-1-2-5-17(16)21-22-18)23-9-3-10-24(12-11-23)20(26)15-8-13-27-14-15/h15H,1-14H2,(H,21,22). The fourth-order valence-corrected chi connectivity index (χ4v) is 4.51. The van der Waals surface area contributed by atoms with Crippen molar-refractivity contribution in [2.24, 2.45) is 5.92 Å². The van der Waals surface area contributed by atoms with Crippen molar-refractivity contribution in [3.05, 3.63) is 17.0 Å². The summed E-state index contributed by atoms with van der Waals surface area (Å²) in [6, 6.07) is 0. The Bertz CT molecular complexity index is 681. The van der Waals surface area contributed by atoms with Crippen LogP contribution in [0.1, 0.15) is 49.1 Å². The Hall–Kier alpha value is -1.89. The van der Waals surface area contributed by atoms with E-state index in [1.807, 2.05) is 9.80 Å². The molecule has 1 aromatic rings. The van der Waals surface area contributed by atoms with E-state index in [1.165, 1.54) is 24.1 Å². The molecule has 0 aromatic carbocycles. The lowest BCUT2D eigenvalue weighted by atomic mass is 9.94. The van der Waals surface area contributed by atoms with Crippen molar-refractivity contribution in [1.29, 1.82) is 0 Å². The maximum absolute atomic E-state index is 12.7. The van der Waals surface area contributed by atoms with Gasteiger partial charge in [0.15, 0.2) is 0 Å². The van der Waals surface area contributed by atoms with E-state index in [9.17, 15) is 9.59 Å². The molecular weight excluding hydrogens is 344 g/mol. The van der Waals surface area contributed by atoms with E-state index in [0.717, 1.165) is 44.5 Å². The summed E-state index contributed by atoms with van der Waals surface area (Å²) in [4.78, 5) is 29.1. The molecule has 7 nitrogen and oxygen atoms in total. The van der Waals surface area contributed by atoms with Gasteiger partial charge >= 0.3 is 0 Å². The lowest BCUT2D eigenvalue weighted by molar-refractivity contribution is -0.136. The summed E-state index contributed by atoms with van der Waals surface area (Å²) in [7, 11) is 0. The van der Waals surface area contributed by atoms with Crippen LogP contribution in [0.25, 0.3) is 0 Å². The zero-order valence-electron chi connectivity index (χ0n) is 16.0. The molecule has 1 N–H and O–H groups in total. The second kappa shape index (κ2) is 8.42. The number of nitrogens with zero attached hydrogens (tertiary/aromatic N) is 3. The number of aromatic nitrogens is 2. The average Bonchev–Trinajstić information content (AvgIpc) is 3.30. The molecule has 0 radical (unpaired) electrons. The molecule has 2 saturated heterocycles. The number of H-pyrrole nitrogens is 1. The third-order valence-electron chi connectivity index (χ3n) is 6.16. The third kappa shape index (κ3) is 4.18. The van der Waals surface area contributed by atoms with Crippen LogP contribution in [0.2, 0.25) is 0 Å². The van der Waals surface area contributed by atoms with Crippen LogP contribution in [-0.4, -0.2) is 71.2 Å². The van der Waals surface area contributed by atoms with Gasteiger partial charge in [0.2, 0.25) is 11.8 Å². The van der Waals surface area contributed by atoms with E-state index in [1.54, 1.807) is 0 Å². The molecule has 3 aliphatic rings. The average molecular weight is 374 g/mol. The number of ether oxygens (including phenoxy) is 1. The summed E-state index contributed by atoms with van der Waals surface area (Å²) in [5.74, 6) is 0.393. The molecule has 0 saturated carbocycles. The van der Waals surface area contributed by atoms with Gasteiger partial charge in [-0.3, -0.25) is 14.7 Å². The van der Waals surface area contributed by atoms with Crippen LogP contribution in [0.15, 0.2) is 0 Å². The lowest BCUT2D eigenvalue weighted by Gasteiger charge is -2.24. The number of carbonyl (C=O) groups is 2. The highest BCUT2D eigenvalue weighted by Gasteiger charge is 2.30. The van der Waals surface area contributed by atoms with Crippen LogP contribution < -0.4 is 0 Å². The number of hydrogen-bond acceptors (Lipinski definition) is 4. The molecule has 0 spiro atoms. The summed E-state index contributed by atoms with van der Waals surface area (Å²) in [5, 5.41) is 7.61. The predicted molar refractivity (Wildman–Crippen MR) is 100 cm³/mol. The van der Waals surface area contributed by atoms with Gasteiger partial charge in [-0.25, -0.2) is 0 Å². The number of aryl methyl sites for hydroxylation is 2. The van der Waals surface area contributed by atoms with Crippen molar-refractivity contribution in [1.82, 2.24) is 20.0 Å². The summed E-state index contributed by atoms with van der Waals surface area (Å²) >= 11 is 0. The molecule has 0 bridgehead atoms. The Balaban J connectivity index is 1.28. The zero-order valence-corrected chi connectivity index (χ0v) is 16.0. The normalized spacial score (nSPS) is 23.2. The second-order valence-corrected chi connectivity index (χ2v) is 7.95. The fourth-order valence-electron chi connectivity index (χ4n) is 4.51. The number of nitrogens with one attached hydrogen (secondary N) is 1. The van der Waals surface area contributed by atoms with Gasteiger partial charge in [-0.05, 0) is 44.1 Å². The molecular formula is C20H30N4O3. The van der Waals surface area contributed by atoms with Crippen LogP contribution in [-0.2, 0) is 33.6 Å². The minimum Gasteiger partial charge on any atom is -0.381 e. The van der Waals surface area contributed by atoms with Gasteiger partial charge in [-0.15, -0.1) is 0 Å². The SMILES string of the molecule is O=C(CCc1n[nH]c2c1CCCC2)N1CCCN(C(=O)C2CCOC2)CC1. The predicted octanol–water partition coefficient (Wildman–Crippen LogP) is 1.32. The van der Waals surface area contributed by atoms with Gasteiger partial charge in [0.05, 0.1) is 18.2 Å². The molecule has 27 heavy (non-hydrogen) atoms. The Labute approximate surface area is 160 Å². The quantitative estimate of drug-likeness (QED) is 0.862. The maximum atomic E-state index is 12.7. The first-order valence-corrected chi connectivity index (χ1v) is 10.4. The van der Waals surface area contributed by atoms with E-state index in [4.69, 9.17) is 4.74 Å². The Morgan fingerprint density at radius 2 is 1.89 bits per heavy atom. The zero-order chi connectivity index (χ0) is 18.6. The summed E-state index contributed by atoms with van der Waals surface area (Å²) in [6.45, 7) is 3.99. The Kier molecular flexibility index (Phi) is 5.76. The summed E-state index contributed by atoms with van der Waals surface area (Å²) in [5.41, 5.74) is 3.69. The first-order valence-electron chi connectivity index (χ1n) is 10.4. The smallest absolute Gasteiger partial charge is 0.228 e.